The average molecular weight is 467 g/mol. The van der Waals surface area contributed by atoms with Crippen molar-refractivity contribution in [3.05, 3.63) is 76.9 Å². The summed E-state index contributed by atoms with van der Waals surface area (Å²) >= 11 is 5.51. The molecule has 0 radical (unpaired) electrons. The van der Waals surface area contributed by atoms with Crippen molar-refractivity contribution in [2.24, 2.45) is 0 Å². The lowest BCUT2D eigenvalue weighted by Crippen LogP contribution is -2.19. The molecule has 3 heterocycles. The molecule has 0 aliphatic rings. The van der Waals surface area contributed by atoms with Crippen molar-refractivity contribution in [1.29, 1.82) is 0 Å². The van der Waals surface area contributed by atoms with E-state index in [0.29, 0.717) is 23.8 Å². The molecule has 10 heteroatoms. The molecule has 0 unspecified atom stereocenters. The van der Waals surface area contributed by atoms with E-state index < -0.39 is 0 Å². The number of hydrogen-bond donors (Lipinski definition) is 2. The van der Waals surface area contributed by atoms with Crippen LogP contribution in [0.1, 0.15) is 35.1 Å². The maximum absolute atomic E-state index is 14.0. The van der Waals surface area contributed by atoms with Gasteiger partial charge in [-0.3, -0.25) is 14.0 Å². The van der Waals surface area contributed by atoms with Gasteiger partial charge in [-0.2, -0.15) is 15.3 Å². The van der Waals surface area contributed by atoms with Crippen molar-refractivity contribution in [2.45, 2.75) is 47.3 Å². The van der Waals surface area contributed by atoms with Crippen molar-refractivity contribution >= 4 is 28.7 Å². The number of hydrogen-bond acceptors (Lipinski definition) is 4. The van der Waals surface area contributed by atoms with E-state index >= 15 is 0 Å². The summed E-state index contributed by atoms with van der Waals surface area (Å²) in [5.74, 6) is -0.244. The highest BCUT2D eigenvalue weighted by Gasteiger charge is 2.15. The summed E-state index contributed by atoms with van der Waals surface area (Å²) in [6.45, 7) is 9.78. The number of nitrogens with one attached hydrogen (secondary N) is 2. The Kier molecular flexibility index (Phi) is 6.55. The molecule has 33 heavy (non-hydrogen) atoms. The number of aryl methyl sites for hydroxylation is 2. The quantitative estimate of drug-likeness (QED) is 0.396. The fourth-order valence-electron chi connectivity index (χ4n) is 3.74. The van der Waals surface area contributed by atoms with Gasteiger partial charge in [-0.05, 0) is 46.0 Å². The standard InChI is InChI=1S/C23H27FN8S/c1-5-31-16(3)19(10-26-31)12-30-14-20(11-25-30)27-23(33)28-22-15(2)29-32(17(22)4)13-18-8-6-7-9-21(18)24/h6-11,14H,5,12-13H2,1-4H3,(H2,27,28,33). The van der Waals surface area contributed by atoms with Crippen LogP contribution in [-0.2, 0) is 19.6 Å². The lowest BCUT2D eigenvalue weighted by molar-refractivity contribution is 0.579. The lowest BCUT2D eigenvalue weighted by atomic mass is 10.2. The van der Waals surface area contributed by atoms with Gasteiger partial charge >= 0.3 is 0 Å². The van der Waals surface area contributed by atoms with Crippen molar-refractivity contribution in [2.75, 3.05) is 10.6 Å². The van der Waals surface area contributed by atoms with Crippen LogP contribution in [0.3, 0.4) is 0 Å². The summed E-state index contributed by atoms with van der Waals surface area (Å²) in [6.07, 6.45) is 5.51. The number of benzene rings is 1. The Labute approximate surface area is 197 Å². The zero-order valence-corrected chi connectivity index (χ0v) is 19.9. The van der Waals surface area contributed by atoms with Gasteiger partial charge in [0, 0.05) is 29.6 Å². The van der Waals surface area contributed by atoms with Crippen LogP contribution >= 0.6 is 12.2 Å². The number of rotatable bonds is 7. The Morgan fingerprint density at radius 2 is 1.76 bits per heavy atom. The van der Waals surface area contributed by atoms with Gasteiger partial charge in [0.25, 0.3) is 0 Å². The summed E-state index contributed by atoms with van der Waals surface area (Å²) in [6, 6.07) is 6.71. The molecule has 8 nitrogen and oxygen atoms in total. The van der Waals surface area contributed by atoms with Gasteiger partial charge in [0.15, 0.2) is 5.11 Å². The maximum atomic E-state index is 14.0. The summed E-state index contributed by atoms with van der Waals surface area (Å²) in [5.41, 5.74) is 6.09. The first kappa shape index (κ1) is 22.7. The Morgan fingerprint density at radius 1 is 0.970 bits per heavy atom. The van der Waals surface area contributed by atoms with Crippen LogP contribution in [0, 0.1) is 26.6 Å². The highest BCUT2D eigenvalue weighted by Crippen LogP contribution is 2.22. The second kappa shape index (κ2) is 9.53. The number of aromatic nitrogens is 6. The van der Waals surface area contributed by atoms with Crippen LogP contribution in [0.4, 0.5) is 15.8 Å². The van der Waals surface area contributed by atoms with Gasteiger partial charge in [0.2, 0.25) is 0 Å². The number of nitrogens with zero attached hydrogens (tertiary/aromatic N) is 6. The van der Waals surface area contributed by atoms with E-state index in [4.69, 9.17) is 12.2 Å². The molecule has 0 spiro atoms. The molecule has 0 fully saturated rings. The molecule has 4 rings (SSSR count). The topological polar surface area (TPSA) is 77.5 Å². The molecule has 3 aromatic heterocycles. The van der Waals surface area contributed by atoms with Crippen LogP contribution < -0.4 is 10.6 Å². The molecule has 172 valence electrons. The molecule has 0 aliphatic heterocycles. The minimum absolute atomic E-state index is 0.244. The molecule has 0 saturated heterocycles. The third-order valence-electron chi connectivity index (χ3n) is 5.63. The van der Waals surface area contributed by atoms with Gasteiger partial charge in [0.1, 0.15) is 5.82 Å². The van der Waals surface area contributed by atoms with Crippen LogP contribution in [0.15, 0.2) is 42.9 Å². The Balaban J connectivity index is 1.41. The van der Waals surface area contributed by atoms with E-state index in [-0.39, 0.29) is 5.82 Å². The molecule has 4 aromatic rings. The average Bonchev–Trinajstić information content (AvgIpc) is 3.45. The second-order valence-electron chi connectivity index (χ2n) is 7.87. The van der Waals surface area contributed by atoms with Crippen molar-refractivity contribution in [3.63, 3.8) is 0 Å². The van der Waals surface area contributed by atoms with Gasteiger partial charge in [-0.1, -0.05) is 18.2 Å². The van der Waals surface area contributed by atoms with E-state index in [1.54, 1.807) is 23.0 Å². The van der Waals surface area contributed by atoms with E-state index in [9.17, 15) is 4.39 Å². The maximum Gasteiger partial charge on any atom is 0.175 e. The predicted molar refractivity (Wildman–Crippen MR) is 131 cm³/mol. The Bertz CT molecular complexity index is 1290. The van der Waals surface area contributed by atoms with E-state index in [2.05, 4.69) is 39.8 Å². The fourth-order valence-corrected chi connectivity index (χ4v) is 3.96. The predicted octanol–water partition coefficient (Wildman–Crippen LogP) is 4.27. The molecule has 0 atom stereocenters. The SMILES string of the molecule is CCn1ncc(Cn2cc(NC(=S)Nc3c(C)nn(Cc4ccccc4F)c3C)cn2)c1C. The van der Waals surface area contributed by atoms with Gasteiger partial charge in [-0.15, -0.1) is 0 Å². The number of anilines is 2. The summed E-state index contributed by atoms with van der Waals surface area (Å²) < 4.78 is 19.6. The Morgan fingerprint density at radius 3 is 2.48 bits per heavy atom. The normalized spacial score (nSPS) is 11.1. The van der Waals surface area contributed by atoms with E-state index in [0.717, 1.165) is 40.6 Å². The fraction of sp³-hybridized carbons (Fsp3) is 0.304. The highest BCUT2D eigenvalue weighted by molar-refractivity contribution is 7.80. The third kappa shape index (κ3) is 4.95. The third-order valence-corrected chi connectivity index (χ3v) is 5.83. The summed E-state index contributed by atoms with van der Waals surface area (Å²) in [5, 5.41) is 20.2. The largest absolute Gasteiger partial charge is 0.330 e. The molecule has 2 N–H and O–H groups in total. The first-order valence-corrected chi connectivity index (χ1v) is 11.2. The van der Waals surface area contributed by atoms with Gasteiger partial charge < -0.3 is 10.6 Å². The molecule has 0 aliphatic carbocycles. The smallest absolute Gasteiger partial charge is 0.175 e. The van der Waals surface area contributed by atoms with E-state index in [1.807, 2.05) is 41.7 Å². The highest BCUT2D eigenvalue weighted by atomic mass is 32.1. The van der Waals surface area contributed by atoms with Gasteiger partial charge in [-0.25, -0.2) is 4.39 Å². The number of thiocarbonyl (C=S) groups is 1. The summed E-state index contributed by atoms with van der Waals surface area (Å²) in [7, 11) is 0. The van der Waals surface area contributed by atoms with Crippen LogP contribution in [-0.4, -0.2) is 34.5 Å². The second-order valence-corrected chi connectivity index (χ2v) is 8.28. The van der Waals surface area contributed by atoms with Crippen molar-refractivity contribution < 1.29 is 4.39 Å². The number of halogens is 1. The minimum Gasteiger partial charge on any atom is -0.330 e. The molecule has 0 amide bonds. The Hall–Kier alpha value is -3.53. The molecular weight excluding hydrogens is 439 g/mol. The zero-order chi connectivity index (χ0) is 23.5. The van der Waals surface area contributed by atoms with Crippen LogP contribution in [0.2, 0.25) is 0 Å². The van der Waals surface area contributed by atoms with E-state index in [1.165, 1.54) is 6.07 Å². The monoisotopic (exact) mass is 466 g/mol. The van der Waals surface area contributed by atoms with Crippen molar-refractivity contribution in [1.82, 2.24) is 29.3 Å². The summed E-state index contributed by atoms with van der Waals surface area (Å²) in [4.78, 5) is 0. The van der Waals surface area contributed by atoms with Crippen LogP contribution in [0.25, 0.3) is 0 Å². The van der Waals surface area contributed by atoms with Crippen molar-refractivity contribution in [3.8, 4) is 0 Å². The molecular formula is C23H27FN8S. The molecule has 1 aromatic carbocycles. The lowest BCUT2D eigenvalue weighted by Gasteiger charge is -2.10. The zero-order valence-electron chi connectivity index (χ0n) is 19.1. The molecule has 0 bridgehead atoms. The molecule has 0 saturated carbocycles. The minimum atomic E-state index is -0.244. The first-order valence-electron chi connectivity index (χ1n) is 10.7. The van der Waals surface area contributed by atoms with Crippen LogP contribution in [0.5, 0.6) is 0 Å². The first-order chi connectivity index (χ1) is 15.9. The van der Waals surface area contributed by atoms with Gasteiger partial charge in [0.05, 0.1) is 48.2 Å².